The first kappa shape index (κ1) is 15.5. The minimum absolute atomic E-state index is 0.221. The monoisotopic (exact) mass is 365 g/mol. The Morgan fingerprint density at radius 2 is 2.05 bits per heavy atom. The molecule has 1 amide bonds. The van der Waals surface area contributed by atoms with E-state index in [0.717, 1.165) is 16.8 Å². The lowest BCUT2D eigenvalue weighted by Gasteiger charge is -2.20. The van der Waals surface area contributed by atoms with Crippen LogP contribution in [0, 0.1) is 17.8 Å². The van der Waals surface area contributed by atoms with Crippen LogP contribution in [0.15, 0.2) is 28.7 Å². The zero-order chi connectivity index (χ0) is 15.5. The fraction of sp³-hybridized carbons (Fsp3) is 0.529. The number of benzene rings is 1. The summed E-state index contributed by atoms with van der Waals surface area (Å²) in [5.74, 6) is 1.43. The molecule has 1 aromatic rings. The SMILES string of the molecule is O=C(COC(=O)C[C@@H]1C[C@@H]2CC[C@@H]1C2)Nc1ccccc1Br. The van der Waals surface area contributed by atoms with Gasteiger partial charge in [0.2, 0.25) is 0 Å². The maximum atomic E-state index is 11.9. The number of fused-ring (bicyclic) bond motifs is 2. The normalized spacial score (nSPS) is 26.0. The minimum Gasteiger partial charge on any atom is -0.456 e. The van der Waals surface area contributed by atoms with Crippen molar-refractivity contribution in [3.8, 4) is 0 Å². The highest BCUT2D eigenvalue weighted by molar-refractivity contribution is 9.10. The molecule has 4 nitrogen and oxygen atoms in total. The van der Waals surface area contributed by atoms with Gasteiger partial charge < -0.3 is 10.1 Å². The van der Waals surface area contributed by atoms with Crippen molar-refractivity contribution in [2.24, 2.45) is 17.8 Å². The van der Waals surface area contributed by atoms with E-state index in [4.69, 9.17) is 4.74 Å². The molecule has 5 heteroatoms. The number of rotatable bonds is 5. The Morgan fingerprint density at radius 1 is 1.23 bits per heavy atom. The molecule has 3 atom stereocenters. The lowest BCUT2D eigenvalue weighted by atomic mass is 9.86. The van der Waals surface area contributed by atoms with Gasteiger partial charge in [0.15, 0.2) is 6.61 Å². The molecule has 0 aromatic heterocycles. The minimum atomic E-state index is -0.312. The molecule has 1 N–H and O–H groups in total. The van der Waals surface area contributed by atoms with Gasteiger partial charge in [-0.3, -0.25) is 9.59 Å². The van der Waals surface area contributed by atoms with Crippen LogP contribution in [0.5, 0.6) is 0 Å². The summed E-state index contributed by atoms with van der Waals surface area (Å²) in [5, 5.41) is 2.72. The van der Waals surface area contributed by atoms with Gasteiger partial charge in [0.05, 0.1) is 5.69 Å². The first-order valence-corrected chi connectivity index (χ1v) is 8.61. The van der Waals surface area contributed by atoms with Crippen molar-refractivity contribution in [2.75, 3.05) is 11.9 Å². The summed E-state index contributed by atoms with van der Waals surface area (Å²) in [5.41, 5.74) is 0.677. The van der Waals surface area contributed by atoms with Gasteiger partial charge in [0.1, 0.15) is 0 Å². The highest BCUT2D eigenvalue weighted by atomic mass is 79.9. The van der Waals surface area contributed by atoms with Gasteiger partial charge in [-0.15, -0.1) is 0 Å². The number of hydrogen-bond acceptors (Lipinski definition) is 3. The summed E-state index contributed by atoms with van der Waals surface area (Å²) in [7, 11) is 0. The Balaban J connectivity index is 1.41. The summed E-state index contributed by atoms with van der Waals surface area (Å²) in [4.78, 5) is 23.7. The molecule has 2 aliphatic carbocycles. The number of carbonyl (C=O) groups excluding carboxylic acids is 2. The second-order valence-electron chi connectivity index (χ2n) is 6.33. The summed E-state index contributed by atoms with van der Waals surface area (Å²) in [6.07, 6.45) is 5.47. The fourth-order valence-corrected chi connectivity index (χ4v) is 4.18. The smallest absolute Gasteiger partial charge is 0.306 e. The van der Waals surface area contributed by atoms with Gasteiger partial charge in [-0.2, -0.15) is 0 Å². The molecule has 0 radical (unpaired) electrons. The van der Waals surface area contributed by atoms with Crippen molar-refractivity contribution in [3.63, 3.8) is 0 Å². The van der Waals surface area contributed by atoms with E-state index in [1.165, 1.54) is 19.3 Å². The highest BCUT2D eigenvalue weighted by Crippen LogP contribution is 2.49. The summed E-state index contributed by atoms with van der Waals surface area (Å²) < 4.78 is 5.92. The lowest BCUT2D eigenvalue weighted by Crippen LogP contribution is -2.23. The Kier molecular flexibility index (Phi) is 4.81. The van der Waals surface area contributed by atoms with Crippen LogP contribution < -0.4 is 5.32 Å². The Morgan fingerprint density at radius 3 is 2.73 bits per heavy atom. The second kappa shape index (κ2) is 6.82. The van der Waals surface area contributed by atoms with Crippen molar-refractivity contribution in [2.45, 2.75) is 32.1 Å². The molecule has 2 saturated carbocycles. The first-order chi connectivity index (χ1) is 10.6. The number of amides is 1. The summed E-state index contributed by atoms with van der Waals surface area (Å²) in [6, 6.07) is 7.34. The molecule has 22 heavy (non-hydrogen) atoms. The predicted molar refractivity (Wildman–Crippen MR) is 87.3 cm³/mol. The maximum Gasteiger partial charge on any atom is 0.306 e. The van der Waals surface area contributed by atoms with Gasteiger partial charge in [-0.1, -0.05) is 18.6 Å². The van der Waals surface area contributed by atoms with Gasteiger partial charge in [-0.25, -0.2) is 0 Å². The van der Waals surface area contributed by atoms with Crippen LogP contribution >= 0.6 is 15.9 Å². The van der Waals surface area contributed by atoms with E-state index >= 15 is 0 Å². The molecular weight excluding hydrogens is 346 g/mol. The van der Waals surface area contributed by atoms with Gasteiger partial charge in [0, 0.05) is 10.9 Å². The van der Waals surface area contributed by atoms with Crippen LogP contribution in [0.1, 0.15) is 32.1 Å². The van der Waals surface area contributed by atoms with Crippen molar-refractivity contribution in [1.82, 2.24) is 0 Å². The standard InChI is InChI=1S/C17H20BrNO3/c18-14-3-1-2-4-15(14)19-16(20)10-22-17(21)9-13-8-11-5-6-12(13)7-11/h1-4,11-13H,5-10H2,(H,19,20)/t11-,12-,13+/m1/s1. The van der Waals surface area contributed by atoms with Crippen molar-refractivity contribution in [3.05, 3.63) is 28.7 Å². The Bertz CT molecular complexity index is 575. The molecule has 0 unspecified atom stereocenters. The largest absolute Gasteiger partial charge is 0.456 e. The van der Waals surface area contributed by atoms with E-state index in [2.05, 4.69) is 21.2 Å². The number of esters is 1. The van der Waals surface area contributed by atoms with Crippen molar-refractivity contribution >= 4 is 33.5 Å². The third kappa shape index (κ3) is 3.69. The lowest BCUT2D eigenvalue weighted by molar-refractivity contribution is -0.148. The summed E-state index contributed by atoms with van der Waals surface area (Å²) >= 11 is 3.36. The van der Waals surface area contributed by atoms with Crippen molar-refractivity contribution < 1.29 is 14.3 Å². The molecule has 2 aliphatic rings. The molecule has 0 heterocycles. The van der Waals surface area contributed by atoms with E-state index in [1.54, 1.807) is 6.07 Å². The zero-order valence-corrected chi connectivity index (χ0v) is 14.0. The average molecular weight is 366 g/mol. The third-order valence-electron chi connectivity index (χ3n) is 4.83. The van der Waals surface area contributed by atoms with E-state index in [1.807, 2.05) is 18.2 Å². The van der Waals surface area contributed by atoms with Crippen LogP contribution in [0.2, 0.25) is 0 Å². The van der Waals surface area contributed by atoms with Gasteiger partial charge >= 0.3 is 5.97 Å². The van der Waals surface area contributed by atoms with E-state index in [-0.39, 0.29) is 18.5 Å². The third-order valence-corrected chi connectivity index (χ3v) is 5.52. The first-order valence-electron chi connectivity index (χ1n) is 7.82. The van der Waals surface area contributed by atoms with E-state index in [9.17, 15) is 9.59 Å². The molecule has 118 valence electrons. The molecule has 0 spiro atoms. The number of halogens is 1. The predicted octanol–water partition coefficient (Wildman–Crippen LogP) is 3.76. The Labute approximate surface area is 138 Å². The maximum absolute atomic E-state index is 11.9. The molecule has 0 saturated heterocycles. The topological polar surface area (TPSA) is 55.4 Å². The summed E-state index contributed by atoms with van der Waals surface area (Å²) in [6.45, 7) is -0.221. The molecule has 0 aliphatic heterocycles. The van der Waals surface area contributed by atoms with E-state index in [0.29, 0.717) is 23.9 Å². The van der Waals surface area contributed by atoms with Crippen LogP contribution in [-0.4, -0.2) is 18.5 Å². The Hall–Kier alpha value is -1.36. The number of ether oxygens (including phenoxy) is 1. The number of nitrogens with one attached hydrogen (secondary N) is 1. The quantitative estimate of drug-likeness (QED) is 0.808. The zero-order valence-electron chi connectivity index (χ0n) is 12.4. The fourth-order valence-electron chi connectivity index (χ4n) is 3.79. The van der Waals surface area contributed by atoms with E-state index < -0.39 is 0 Å². The molecule has 1 aromatic carbocycles. The van der Waals surface area contributed by atoms with Crippen molar-refractivity contribution in [1.29, 1.82) is 0 Å². The van der Waals surface area contributed by atoms with Crippen LogP contribution in [0.4, 0.5) is 5.69 Å². The van der Waals surface area contributed by atoms with Crippen LogP contribution in [0.25, 0.3) is 0 Å². The number of para-hydroxylation sites is 1. The molecular formula is C17H20BrNO3. The van der Waals surface area contributed by atoms with Gasteiger partial charge in [0.25, 0.3) is 5.91 Å². The molecule has 2 bridgehead atoms. The van der Waals surface area contributed by atoms with Crippen LogP contribution in [0.3, 0.4) is 0 Å². The molecule has 2 fully saturated rings. The average Bonchev–Trinajstić information content (AvgIpc) is 3.10. The molecule has 3 rings (SSSR count). The number of carbonyl (C=O) groups is 2. The number of hydrogen-bond donors (Lipinski definition) is 1. The number of anilines is 1. The second-order valence-corrected chi connectivity index (χ2v) is 7.18. The highest BCUT2D eigenvalue weighted by Gasteiger charge is 2.40. The van der Waals surface area contributed by atoms with Crippen LogP contribution in [-0.2, 0) is 14.3 Å². The van der Waals surface area contributed by atoms with Gasteiger partial charge in [-0.05, 0) is 65.1 Å².